The molecule has 0 radical (unpaired) electrons. The maximum atomic E-state index is 14.7. The van der Waals surface area contributed by atoms with E-state index in [9.17, 15) is 37.5 Å². The van der Waals surface area contributed by atoms with Gasteiger partial charge in [-0.1, -0.05) is 101 Å². The number of rotatable bonds is 24. The lowest BCUT2D eigenvalue weighted by Crippen LogP contribution is -2.56. The first kappa shape index (κ1) is 59.8. The highest BCUT2D eigenvalue weighted by atomic mass is 19.1. The predicted octanol–water partition coefficient (Wildman–Crippen LogP) is 10.9. The first-order chi connectivity index (χ1) is 38.7. The molecular weight excluding hydrogens is 1010 g/mol. The zero-order valence-corrected chi connectivity index (χ0v) is 47.8. The molecule has 8 rings (SSSR count). The number of ketones is 1. The third-order valence-electron chi connectivity index (χ3n) is 18.1. The molecule has 4 aromatic rings. The molecule has 12 nitrogen and oxygen atoms in total. The second kappa shape index (κ2) is 28.9. The Bertz CT molecular complexity index is 2510. The molecule has 6 atom stereocenters. The number of amides is 5. The monoisotopic (exact) mass is 1100 g/mol. The van der Waals surface area contributed by atoms with Crippen LogP contribution in [0.25, 0.3) is 11.1 Å². The van der Waals surface area contributed by atoms with Crippen molar-refractivity contribution < 1.29 is 37.5 Å². The fraction of sp³-hybridized carbons (Fsp3) is 0.545. The number of likely N-dealkylation sites (tertiary alicyclic amines) is 2. The molecule has 80 heavy (non-hydrogen) atoms. The maximum absolute atomic E-state index is 14.7. The van der Waals surface area contributed by atoms with Gasteiger partial charge in [0.15, 0.2) is 0 Å². The Labute approximate surface area is 473 Å². The lowest BCUT2D eigenvalue weighted by Gasteiger charge is -2.37. The van der Waals surface area contributed by atoms with E-state index in [4.69, 9.17) is 0 Å². The average Bonchev–Trinajstić information content (AvgIpc) is 4.18. The Kier molecular flexibility index (Phi) is 21.6. The van der Waals surface area contributed by atoms with Crippen molar-refractivity contribution in [2.45, 2.75) is 161 Å². The van der Waals surface area contributed by atoms with Crippen LogP contribution in [0.5, 0.6) is 0 Å². The van der Waals surface area contributed by atoms with E-state index in [-0.39, 0.29) is 89.3 Å². The molecule has 0 unspecified atom stereocenters. The number of benzene rings is 4. The number of carbonyl (C=O) groups excluding carboxylic acids is 6. The number of halogens is 2. The minimum atomic E-state index is -0.603. The minimum Gasteiger partial charge on any atom is -0.344 e. The van der Waals surface area contributed by atoms with Crippen LogP contribution >= 0.6 is 0 Å². The zero-order chi connectivity index (χ0) is 56.7. The van der Waals surface area contributed by atoms with Crippen LogP contribution in [-0.4, -0.2) is 125 Å². The van der Waals surface area contributed by atoms with Crippen LogP contribution in [0.3, 0.4) is 0 Å². The van der Waals surface area contributed by atoms with Gasteiger partial charge in [-0.25, -0.2) is 8.78 Å². The molecule has 2 heterocycles. The van der Waals surface area contributed by atoms with E-state index in [0.717, 1.165) is 112 Å². The SMILES string of the molecule is CC[C@@H](C)C(=O)N[C@H](C(=O)N1CCC[C@H]1CN(CCc1ccc(F)cc1)C(=O)c1ccc(-c2ccc(C(=O)N(CCc3ccc(F)cc3)C[C@@H]3CCCN3C(=O)[C@@H](CC(=O)[C@H](C)NC)C3CCCCC3)cc2)cc1)C1CCCCC1. The van der Waals surface area contributed by atoms with Crippen LogP contribution in [-0.2, 0) is 32.0 Å². The van der Waals surface area contributed by atoms with Crippen molar-refractivity contribution in [3.05, 3.63) is 131 Å². The number of nitrogens with zero attached hydrogens (tertiary/aromatic N) is 4. The van der Waals surface area contributed by atoms with Crippen molar-refractivity contribution in [2.24, 2.45) is 23.7 Å². The topological polar surface area (TPSA) is 139 Å². The van der Waals surface area contributed by atoms with Gasteiger partial charge in [-0.2, -0.15) is 0 Å². The van der Waals surface area contributed by atoms with Gasteiger partial charge in [-0.05, 0) is 167 Å². The Balaban J connectivity index is 0.979. The lowest BCUT2D eigenvalue weighted by atomic mass is 9.76. The van der Waals surface area contributed by atoms with Crippen molar-refractivity contribution in [1.29, 1.82) is 0 Å². The predicted molar refractivity (Wildman–Crippen MR) is 310 cm³/mol. The van der Waals surface area contributed by atoms with E-state index < -0.39 is 12.0 Å². The summed E-state index contributed by atoms with van der Waals surface area (Å²) in [6, 6.07) is 26.1. The Morgan fingerprint density at radius 1 is 0.562 bits per heavy atom. The second-order valence-corrected chi connectivity index (χ2v) is 23.4. The second-order valence-electron chi connectivity index (χ2n) is 23.4. The highest BCUT2D eigenvalue weighted by Gasteiger charge is 2.42. The number of Topliss-reactive ketones (excluding diaryl/α,β-unsaturated/α-hetero) is 1. The van der Waals surface area contributed by atoms with Gasteiger partial charge >= 0.3 is 0 Å². The third-order valence-corrected chi connectivity index (χ3v) is 18.1. The Morgan fingerprint density at radius 2 is 1.00 bits per heavy atom. The first-order valence-corrected chi connectivity index (χ1v) is 30.1. The van der Waals surface area contributed by atoms with Gasteiger partial charge in [0, 0.05) is 80.7 Å². The standard InChI is InChI=1S/C66H86F2N6O6/c1-5-45(2)62(76)70-61(52-16-10-7-11-17-52)66(80)74-39-13-19-58(74)44-72(41-37-48-22-34-56(68)35-23-48)64(78)54-30-26-50(27-31-54)49-24-28-53(29-25-49)63(77)71(40-36-47-20-32-55(67)33-21-47)43-57-18-12-38-73(57)65(79)59(42-60(75)46(3)69-4)51-14-8-6-9-15-51/h20-35,45-46,51-52,57-59,61,69H,5-19,36-44H2,1-4H3,(H,70,76)/t45-,46+,57+,58+,59+,61+/m1/s1. The molecule has 0 aromatic heterocycles. The molecule has 2 N–H and O–H groups in total. The molecule has 2 aliphatic carbocycles. The van der Waals surface area contributed by atoms with Crippen molar-refractivity contribution in [3.8, 4) is 11.1 Å². The summed E-state index contributed by atoms with van der Waals surface area (Å²) in [6.07, 6.45) is 15.0. The molecule has 2 aliphatic heterocycles. The molecule has 4 fully saturated rings. The summed E-state index contributed by atoms with van der Waals surface area (Å²) in [6.45, 7) is 8.21. The molecule has 5 amide bonds. The summed E-state index contributed by atoms with van der Waals surface area (Å²) in [5, 5.41) is 6.24. The van der Waals surface area contributed by atoms with Crippen LogP contribution in [0, 0.1) is 35.3 Å². The third kappa shape index (κ3) is 15.6. The van der Waals surface area contributed by atoms with Gasteiger partial charge in [0.2, 0.25) is 17.7 Å². The number of nitrogens with one attached hydrogen (secondary N) is 2. The normalized spacial score (nSPS) is 19.5. The highest BCUT2D eigenvalue weighted by molar-refractivity contribution is 5.96. The molecule has 2 saturated heterocycles. The maximum Gasteiger partial charge on any atom is 0.253 e. The van der Waals surface area contributed by atoms with Crippen molar-refractivity contribution in [3.63, 3.8) is 0 Å². The van der Waals surface area contributed by atoms with Gasteiger partial charge in [-0.15, -0.1) is 0 Å². The Hall–Kier alpha value is -6.28. The zero-order valence-electron chi connectivity index (χ0n) is 47.8. The van der Waals surface area contributed by atoms with E-state index >= 15 is 0 Å². The van der Waals surface area contributed by atoms with Crippen LogP contribution in [0.15, 0.2) is 97.1 Å². The van der Waals surface area contributed by atoms with E-state index in [1.165, 1.54) is 24.3 Å². The summed E-state index contributed by atoms with van der Waals surface area (Å²) < 4.78 is 27.9. The number of hydrogen-bond acceptors (Lipinski definition) is 7. The minimum absolute atomic E-state index is 0.0205. The van der Waals surface area contributed by atoms with Crippen LogP contribution in [0.2, 0.25) is 0 Å². The molecule has 0 bridgehead atoms. The van der Waals surface area contributed by atoms with Gasteiger partial charge in [0.05, 0.1) is 6.04 Å². The van der Waals surface area contributed by atoms with Gasteiger partial charge in [-0.3, -0.25) is 28.8 Å². The summed E-state index contributed by atoms with van der Waals surface area (Å²) in [4.78, 5) is 92.8. The molecule has 4 aliphatic rings. The Morgan fingerprint density at radius 3 is 1.44 bits per heavy atom. The number of likely N-dealkylation sites (N-methyl/N-ethyl adjacent to an activating group) is 1. The smallest absolute Gasteiger partial charge is 0.253 e. The summed E-state index contributed by atoms with van der Waals surface area (Å²) in [7, 11) is 1.77. The van der Waals surface area contributed by atoms with E-state index in [1.807, 2.05) is 88.9 Å². The van der Waals surface area contributed by atoms with Crippen LogP contribution < -0.4 is 10.6 Å². The number of hydrogen-bond donors (Lipinski definition) is 2. The van der Waals surface area contributed by atoms with Crippen LogP contribution in [0.4, 0.5) is 8.78 Å². The molecule has 430 valence electrons. The number of carbonyl (C=O) groups is 6. The average molecular weight is 1100 g/mol. The first-order valence-electron chi connectivity index (χ1n) is 30.1. The van der Waals surface area contributed by atoms with Gasteiger partial charge in [0.1, 0.15) is 23.5 Å². The van der Waals surface area contributed by atoms with E-state index in [2.05, 4.69) is 10.6 Å². The lowest BCUT2D eigenvalue weighted by molar-refractivity contribution is -0.141. The highest BCUT2D eigenvalue weighted by Crippen LogP contribution is 2.36. The van der Waals surface area contributed by atoms with Crippen LogP contribution in [0.1, 0.15) is 155 Å². The van der Waals surface area contributed by atoms with Crippen molar-refractivity contribution >= 4 is 35.3 Å². The van der Waals surface area contributed by atoms with E-state index in [0.29, 0.717) is 69.7 Å². The quantitative estimate of drug-likeness (QED) is 0.0712. The molecular formula is C66H86F2N6O6. The van der Waals surface area contributed by atoms with Gasteiger partial charge < -0.3 is 30.2 Å². The summed E-state index contributed by atoms with van der Waals surface area (Å²) >= 11 is 0. The summed E-state index contributed by atoms with van der Waals surface area (Å²) in [5.74, 6) is -1.50. The van der Waals surface area contributed by atoms with E-state index in [1.54, 1.807) is 31.3 Å². The van der Waals surface area contributed by atoms with Crippen molar-refractivity contribution in [2.75, 3.05) is 46.3 Å². The largest absolute Gasteiger partial charge is 0.344 e. The molecule has 14 heteroatoms. The van der Waals surface area contributed by atoms with Crippen molar-refractivity contribution in [1.82, 2.24) is 30.2 Å². The molecule has 0 spiro atoms. The summed E-state index contributed by atoms with van der Waals surface area (Å²) in [5.41, 5.74) is 4.45. The fourth-order valence-corrected chi connectivity index (χ4v) is 12.8. The molecule has 4 aromatic carbocycles. The molecule has 2 saturated carbocycles. The fourth-order valence-electron chi connectivity index (χ4n) is 12.8. The van der Waals surface area contributed by atoms with Gasteiger partial charge in [0.25, 0.3) is 11.8 Å².